The van der Waals surface area contributed by atoms with Crippen LogP contribution in [-0.2, 0) is 4.74 Å². The number of nitrogens with two attached hydrogens (primary N) is 1. The normalized spacial score (nSPS) is 27.8. The molecule has 3 heterocycles. The molecule has 4 rings (SSSR count). The minimum Gasteiger partial charge on any atom is -0.394 e. The summed E-state index contributed by atoms with van der Waals surface area (Å²) in [5, 5.41) is 29.6. The highest BCUT2D eigenvalue weighted by Gasteiger charge is 2.44. The van der Waals surface area contributed by atoms with Crippen molar-refractivity contribution >= 4 is 17.0 Å². The molecule has 0 aromatic carbocycles. The predicted molar refractivity (Wildman–Crippen MR) is 105 cm³/mol. The summed E-state index contributed by atoms with van der Waals surface area (Å²) in [4.78, 5) is 12.9. The van der Waals surface area contributed by atoms with Crippen molar-refractivity contribution < 1.29 is 20.1 Å². The molecule has 2 aromatic heterocycles. The molecule has 156 valence electrons. The van der Waals surface area contributed by atoms with E-state index in [1.807, 2.05) is 0 Å². The number of imidazole rings is 1. The number of fused-ring (bicyclic) bond motifs is 1. The highest BCUT2D eigenvalue weighted by Crippen LogP contribution is 2.32. The lowest BCUT2D eigenvalue weighted by atomic mass is 9.86. The van der Waals surface area contributed by atoms with Crippen molar-refractivity contribution in [3.05, 3.63) is 12.2 Å². The summed E-state index contributed by atoms with van der Waals surface area (Å²) in [6.45, 7) is -0.407. The van der Waals surface area contributed by atoms with Crippen LogP contribution in [0.15, 0.2) is 6.33 Å². The van der Waals surface area contributed by atoms with Gasteiger partial charge in [-0.15, -0.1) is 0 Å². The molecule has 0 amide bonds. The largest absolute Gasteiger partial charge is 0.394 e. The second kappa shape index (κ2) is 8.63. The Morgan fingerprint density at radius 2 is 1.97 bits per heavy atom. The highest BCUT2D eigenvalue weighted by atomic mass is 16.6. The molecular formula is C20H27N5O4. The number of nitrogen functional groups attached to an aromatic ring is 1. The summed E-state index contributed by atoms with van der Waals surface area (Å²) in [7, 11) is 0. The average molecular weight is 401 g/mol. The lowest BCUT2D eigenvalue weighted by Gasteiger charge is -2.20. The van der Waals surface area contributed by atoms with Gasteiger partial charge in [0.05, 0.1) is 12.9 Å². The van der Waals surface area contributed by atoms with E-state index in [2.05, 4.69) is 26.8 Å². The van der Waals surface area contributed by atoms with Gasteiger partial charge in [0.25, 0.3) is 0 Å². The smallest absolute Gasteiger partial charge is 0.208 e. The third-order valence-electron chi connectivity index (χ3n) is 5.84. The Hall–Kier alpha value is -2.25. The second-order valence-electron chi connectivity index (χ2n) is 7.83. The van der Waals surface area contributed by atoms with E-state index < -0.39 is 31.1 Å². The van der Waals surface area contributed by atoms with E-state index in [9.17, 15) is 15.3 Å². The zero-order chi connectivity index (χ0) is 20.4. The predicted octanol–water partition coefficient (Wildman–Crippen LogP) is 0.732. The number of aliphatic hydroxyl groups excluding tert-OH is 3. The first-order chi connectivity index (χ1) is 14.1. The van der Waals surface area contributed by atoms with Crippen LogP contribution < -0.4 is 5.73 Å². The van der Waals surface area contributed by atoms with E-state index in [0.717, 1.165) is 18.8 Å². The molecule has 2 fully saturated rings. The van der Waals surface area contributed by atoms with Gasteiger partial charge in [0.15, 0.2) is 17.7 Å². The summed E-state index contributed by atoms with van der Waals surface area (Å²) in [6.07, 6.45) is 5.62. The van der Waals surface area contributed by atoms with E-state index in [-0.39, 0.29) is 11.6 Å². The molecule has 9 nitrogen and oxygen atoms in total. The third-order valence-corrected chi connectivity index (χ3v) is 5.84. The molecule has 2 aromatic rings. The Labute approximate surface area is 168 Å². The van der Waals surface area contributed by atoms with Crippen molar-refractivity contribution in [1.29, 1.82) is 0 Å². The fraction of sp³-hybridized carbons (Fsp3) is 0.650. The van der Waals surface area contributed by atoms with Crippen molar-refractivity contribution in [2.75, 3.05) is 12.3 Å². The first-order valence-corrected chi connectivity index (χ1v) is 10.2. The number of ether oxygens (including phenoxy) is 1. The molecule has 0 bridgehead atoms. The van der Waals surface area contributed by atoms with Gasteiger partial charge < -0.3 is 25.8 Å². The molecule has 1 aliphatic carbocycles. The molecule has 0 radical (unpaired) electrons. The summed E-state index contributed by atoms with van der Waals surface area (Å²) in [5.74, 6) is 7.36. The van der Waals surface area contributed by atoms with E-state index >= 15 is 0 Å². The van der Waals surface area contributed by atoms with Crippen molar-refractivity contribution in [2.24, 2.45) is 5.92 Å². The highest BCUT2D eigenvalue weighted by molar-refractivity contribution is 5.82. The zero-order valence-electron chi connectivity index (χ0n) is 16.2. The number of nitrogens with zero attached hydrogens (tertiary/aromatic N) is 4. The van der Waals surface area contributed by atoms with Gasteiger partial charge in [0, 0.05) is 6.42 Å². The Balaban J connectivity index is 1.53. The van der Waals surface area contributed by atoms with E-state index in [0.29, 0.717) is 11.2 Å². The molecule has 1 saturated carbocycles. The van der Waals surface area contributed by atoms with E-state index in [4.69, 9.17) is 10.5 Å². The molecule has 4 atom stereocenters. The fourth-order valence-corrected chi connectivity index (χ4v) is 4.18. The topological polar surface area (TPSA) is 140 Å². The maximum atomic E-state index is 10.3. The molecule has 1 aliphatic heterocycles. The summed E-state index contributed by atoms with van der Waals surface area (Å²) < 4.78 is 7.06. The maximum Gasteiger partial charge on any atom is 0.208 e. The van der Waals surface area contributed by atoms with Crippen molar-refractivity contribution in [3.63, 3.8) is 0 Å². The van der Waals surface area contributed by atoms with Gasteiger partial charge in [0.1, 0.15) is 23.8 Å². The van der Waals surface area contributed by atoms with Crippen molar-refractivity contribution in [3.8, 4) is 11.8 Å². The number of anilines is 1. The van der Waals surface area contributed by atoms with Crippen LogP contribution in [0, 0.1) is 17.8 Å². The number of aromatic nitrogens is 4. The molecule has 2 aliphatic rings. The van der Waals surface area contributed by atoms with Crippen LogP contribution in [0.25, 0.3) is 11.2 Å². The van der Waals surface area contributed by atoms with Crippen molar-refractivity contribution in [2.45, 2.75) is 69.5 Å². The van der Waals surface area contributed by atoms with Crippen molar-refractivity contribution in [1.82, 2.24) is 19.5 Å². The maximum absolute atomic E-state index is 10.3. The summed E-state index contributed by atoms with van der Waals surface area (Å²) in [6, 6.07) is 0. The van der Waals surface area contributed by atoms with Crippen LogP contribution in [0.1, 0.15) is 57.0 Å². The third kappa shape index (κ3) is 4.07. The molecule has 29 heavy (non-hydrogen) atoms. The van der Waals surface area contributed by atoms with Gasteiger partial charge in [-0.2, -0.15) is 0 Å². The number of rotatable bonds is 4. The van der Waals surface area contributed by atoms with Gasteiger partial charge >= 0.3 is 0 Å². The molecule has 9 heteroatoms. The van der Waals surface area contributed by atoms with Gasteiger partial charge in [0.2, 0.25) is 5.82 Å². The number of hydrogen-bond acceptors (Lipinski definition) is 8. The average Bonchev–Trinajstić information content (AvgIpc) is 3.28. The first-order valence-electron chi connectivity index (χ1n) is 10.2. The van der Waals surface area contributed by atoms with Crippen LogP contribution in [0.5, 0.6) is 0 Å². The van der Waals surface area contributed by atoms with E-state index in [1.54, 1.807) is 0 Å². The standard InChI is InChI=1S/C20H27N5O4/c21-18-15-19(25(11-22-15)20-17(28)16(27)13(10-26)29-20)24-14(23-18)9-5-4-8-12-6-2-1-3-7-12/h11-13,16-17,20,26-28H,1-4,6-8,10H2,(H2,21,23,24)/t13-,16-,17-,20-/m1/s1. The van der Waals surface area contributed by atoms with Crippen LogP contribution >= 0.6 is 0 Å². The van der Waals surface area contributed by atoms with Gasteiger partial charge in [-0.3, -0.25) is 4.57 Å². The quantitative estimate of drug-likeness (QED) is 0.550. The number of hydrogen-bond donors (Lipinski definition) is 4. The zero-order valence-corrected chi connectivity index (χ0v) is 16.2. The Morgan fingerprint density at radius 3 is 2.69 bits per heavy atom. The molecule has 1 saturated heterocycles. The van der Waals surface area contributed by atoms with E-state index in [1.165, 1.54) is 43.0 Å². The molecule has 0 spiro atoms. The minimum absolute atomic E-state index is 0.192. The molecular weight excluding hydrogens is 374 g/mol. The summed E-state index contributed by atoms with van der Waals surface area (Å²) in [5.41, 5.74) is 6.75. The van der Waals surface area contributed by atoms with Crippen LogP contribution in [0.3, 0.4) is 0 Å². The fourth-order valence-electron chi connectivity index (χ4n) is 4.18. The van der Waals surface area contributed by atoms with Gasteiger partial charge in [-0.05, 0) is 18.3 Å². The SMILES string of the molecule is Nc1nc(C#CCCC2CCCCC2)nc2c1ncn2[C@@H]1O[C@H](CO)[C@@H](O)[C@H]1O. The molecule has 0 unspecified atom stereocenters. The Morgan fingerprint density at radius 1 is 1.17 bits per heavy atom. The summed E-state index contributed by atoms with van der Waals surface area (Å²) >= 11 is 0. The first kappa shape index (κ1) is 20.0. The Bertz CT molecular complexity index is 915. The number of aliphatic hydroxyl groups is 3. The van der Waals surface area contributed by atoms with Crippen LogP contribution in [-0.4, -0.2) is 59.8 Å². The second-order valence-corrected chi connectivity index (χ2v) is 7.83. The lowest BCUT2D eigenvalue weighted by Crippen LogP contribution is -2.33. The lowest BCUT2D eigenvalue weighted by molar-refractivity contribution is -0.0511. The van der Waals surface area contributed by atoms with Gasteiger partial charge in [-0.1, -0.05) is 38.0 Å². The van der Waals surface area contributed by atoms with Crippen LogP contribution in [0.2, 0.25) is 0 Å². The Kier molecular flexibility index (Phi) is 5.96. The molecule has 5 N–H and O–H groups in total. The minimum atomic E-state index is -1.23. The van der Waals surface area contributed by atoms with Crippen LogP contribution in [0.4, 0.5) is 5.82 Å². The monoisotopic (exact) mass is 401 g/mol. The van der Waals surface area contributed by atoms with Gasteiger partial charge in [-0.25, -0.2) is 15.0 Å².